The Kier molecular flexibility index (Phi) is 6.18. The second-order valence-electron chi connectivity index (χ2n) is 7.71. The molecule has 0 spiro atoms. The minimum atomic E-state index is -3.59. The van der Waals surface area contributed by atoms with Crippen molar-refractivity contribution in [3.05, 3.63) is 76.9 Å². The zero-order chi connectivity index (χ0) is 24.6. The number of nitrogens with one attached hydrogen (secondary N) is 1. The van der Waals surface area contributed by atoms with Crippen molar-refractivity contribution in [3.8, 4) is 22.6 Å². The van der Waals surface area contributed by atoms with Crippen molar-refractivity contribution < 1.29 is 36.6 Å². The Hall–Kier alpha value is -3.66. The van der Waals surface area contributed by atoms with Crippen LogP contribution >= 0.6 is 0 Å². The number of hydrogen-bond acceptors (Lipinski definition) is 5. The summed E-state index contributed by atoms with van der Waals surface area (Å²) in [5, 5.41) is 9.66. The number of hydrogen-bond donors (Lipinski definition) is 2. The SMILES string of the molecule is CCc1c(C(=O)O)cccc1C1Oc2cccc(OC(F)F)c2-c2ccc(NS(C)(=O)=O)cc21. The summed E-state index contributed by atoms with van der Waals surface area (Å²) in [4.78, 5) is 11.8. The predicted octanol–water partition coefficient (Wildman–Crippen LogP) is 5.07. The molecule has 0 fully saturated rings. The highest BCUT2D eigenvalue weighted by Gasteiger charge is 2.32. The smallest absolute Gasteiger partial charge is 0.387 e. The summed E-state index contributed by atoms with van der Waals surface area (Å²) in [7, 11) is -3.59. The van der Waals surface area contributed by atoms with Gasteiger partial charge in [-0.3, -0.25) is 4.72 Å². The van der Waals surface area contributed by atoms with Crippen LogP contribution in [0.4, 0.5) is 14.5 Å². The molecule has 0 aliphatic carbocycles. The molecule has 3 aromatic rings. The molecule has 0 aromatic heterocycles. The van der Waals surface area contributed by atoms with Gasteiger partial charge in [0.1, 0.15) is 17.6 Å². The standard InChI is InChI=1S/C24H21F2NO6S/c1-3-14-16(6-4-7-17(14)23(28)29)22-18-12-13(27-34(2,30)31)10-11-15(18)21-19(32-22)8-5-9-20(21)33-24(25)26/h4-12,22,24,27H,3H2,1-2H3,(H,28,29). The van der Waals surface area contributed by atoms with Crippen LogP contribution in [0.3, 0.4) is 0 Å². The first-order valence-electron chi connectivity index (χ1n) is 10.3. The van der Waals surface area contributed by atoms with Crippen LogP contribution in [0.2, 0.25) is 0 Å². The largest absolute Gasteiger partial charge is 0.480 e. The summed E-state index contributed by atoms with van der Waals surface area (Å²) in [6, 6.07) is 14.0. The number of halogens is 2. The van der Waals surface area contributed by atoms with Gasteiger partial charge >= 0.3 is 12.6 Å². The first-order valence-corrected chi connectivity index (χ1v) is 12.2. The van der Waals surface area contributed by atoms with Gasteiger partial charge in [0.2, 0.25) is 10.0 Å². The Labute approximate surface area is 195 Å². The Morgan fingerprint density at radius 1 is 1.15 bits per heavy atom. The van der Waals surface area contributed by atoms with E-state index in [2.05, 4.69) is 4.72 Å². The predicted molar refractivity (Wildman–Crippen MR) is 122 cm³/mol. The molecule has 0 bridgehead atoms. The van der Waals surface area contributed by atoms with Crippen LogP contribution in [0, 0.1) is 0 Å². The first-order chi connectivity index (χ1) is 16.1. The molecule has 1 unspecified atom stereocenters. The highest BCUT2D eigenvalue weighted by Crippen LogP contribution is 2.50. The molecule has 1 aliphatic rings. The lowest BCUT2D eigenvalue weighted by Crippen LogP contribution is -2.20. The molecule has 178 valence electrons. The Balaban J connectivity index is 1.97. The number of carboxylic acid groups (broad SMARTS) is 1. The van der Waals surface area contributed by atoms with Crippen molar-refractivity contribution in [2.45, 2.75) is 26.1 Å². The van der Waals surface area contributed by atoms with Crippen molar-refractivity contribution in [2.75, 3.05) is 11.0 Å². The van der Waals surface area contributed by atoms with Gasteiger partial charge in [-0.1, -0.05) is 31.2 Å². The van der Waals surface area contributed by atoms with Crippen LogP contribution in [0.25, 0.3) is 11.1 Å². The van der Waals surface area contributed by atoms with Crippen molar-refractivity contribution in [1.82, 2.24) is 0 Å². The van der Waals surface area contributed by atoms with Gasteiger partial charge in [-0.15, -0.1) is 0 Å². The van der Waals surface area contributed by atoms with Crippen LogP contribution in [0.5, 0.6) is 11.5 Å². The Morgan fingerprint density at radius 3 is 2.53 bits per heavy atom. The quantitative estimate of drug-likeness (QED) is 0.481. The van der Waals surface area contributed by atoms with E-state index in [-0.39, 0.29) is 22.7 Å². The number of anilines is 1. The van der Waals surface area contributed by atoms with Gasteiger partial charge in [0, 0.05) is 16.8 Å². The van der Waals surface area contributed by atoms with Gasteiger partial charge in [0.15, 0.2) is 0 Å². The van der Waals surface area contributed by atoms with E-state index in [9.17, 15) is 27.1 Å². The third-order valence-corrected chi connectivity index (χ3v) is 6.04. The molecule has 0 saturated heterocycles. The van der Waals surface area contributed by atoms with Crippen molar-refractivity contribution in [2.24, 2.45) is 0 Å². The molecule has 0 radical (unpaired) electrons. The second kappa shape index (κ2) is 8.94. The van der Waals surface area contributed by atoms with E-state index >= 15 is 0 Å². The average molecular weight is 489 g/mol. The zero-order valence-corrected chi connectivity index (χ0v) is 19.0. The number of carboxylic acids is 1. The minimum absolute atomic E-state index is 0.0916. The molecule has 10 heteroatoms. The maximum absolute atomic E-state index is 13.1. The van der Waals surface area contributed by atoms with E-state index in [0.29, 0.717) is 34.2 Å². The van der Waals surface area contributed by atoms with Crippen LogP contribution in [-0.2, 0) is 16.4 Å². The monoisotopic (exact) mass is 489 g/mol. The zero-order valence-electron chi connectivity index (χ0n) is 18.2. The minimum Gasteiger partial charge on any atom is -0.480 e. The van der Waals surface area contributed by atoms with Crippen LogP contribution in [-0.4, -0.2) is 32.4 Å². The number of alkyl halides is 2. The summed E-state index contributed by atoms with van der Waals surface area (Å²) in [5.74, 6) is -0.900. The third-order valence-electron chi connectivity index (χ3n) is 5.43. The number of aromatic carboxylic acids is 1. The number of carbonyl (C=O) groups is 1. The fourth-order valence-electron chi connectivity index (χ4n) is 4.22. The summed E-state index contributed by atoms with van der Waals surface area (Å²) in [6.07, 6.45) is 0.589. The van der Waals surface area contributed by atoms with Crippen molar-refractivity contribution >= 4 is 21.7 Å². The molecule has 2 N–H and O–H groups in total. The average Bonchev–Trinajstić information content (AvgIpc) is 2.76. The normalized spacial score (nSPS) is 14.7. The van der Waals surface area contributed by atoms with E-state index < -0.39 is 28.7 Å². The summed E-state index contributed by atoms with van der Waals surface area (Å²) in [5.41, 5.74) is 2.77. The lowest BCUT2D eigenvalue weighted by molar-refractivity contribution is -0.0496. The summed E-state index contributed by atoms with van der Waals surface area (Å²) in [6.45, 7) is -1.24. The number of rotatable bonds is 7. The maximum Gasteiger partial charge on any atom is 0.387 e. The molecular formula is C24H21F2NO6S. The maximum atomic E-state index is 13.1. The van der Waals surface area contributed by atoms with E-state index in [4.69, 9.17) is 9.47 Å². The number of fused-ring (bicyclic) bond motifs is 3. The van der Waals surface area contributed by atoms with Crippen LogP contribution < -0.4 is 14.2 Å². The van der Waals surface area contributed by atoms with Crippen LogP contribution in [0.1, 0.15) is 40.1 Å². The summed E-state index contributed by atoms with van der Waals surface area (Å²) >= 11 is 0. The van der Waals surface area contributed by atoms with E-state index in [0.717, 1.165) is 6.26 Å². The lowest BCUT2D eigenvalue weighted by atomic mass is 9.85. The number of benzene rings is 3. The molecule has 0 saturated carbocycles. The number of sulfonamides is 1. The fraction of sp³-hybridized carbons (Fsp3) is 0.208. The molecule has 34 heavy (non-hydrogen) atoms. The lowest BCUT2D eigenvalue weighted by Gasteiger charge is -2.32. The van der Waals surface area contributed by atoms with Gasteiger partial charge in [0.25, 0.3) is 0 Å². The first kappa shape index (κ1) is 23.5. The van der Waals surface area contributed by atoms with Gasteiger partial charge in [-0.25, -0.2) is 13.2 Å². The van der Waals surface area contributed by atoms with Crippen molar-refractivity contribution in [1.29, 1.82) is 0 Å². The highest BCUT2D eigenvalue weighted by atomic mass is 32.2. The van der Waals surface area contributed by atoms with Gasteiger partial charge in [-0.05, 0) is 47.9 Å². The van der Waals surface area contributed by atoms with E-state index in [1.54, 1.807) is 30.3 Å². The van der Waals surface area contributed by atoms with Gasteiger partial charge < -0.3 is 14.6 Å². The second-order valence-corrected chi connectivity index (χ2v) is 9.46. The number of ether oxygens (including phenoxy) is 2. The van der Waals surface area contributed by atoms with Crippen LogP contribution in [0.15, 0.2) is 54.6 Å². The molecule has 1 aliphatic heterocycles. The Bertz CT molecular complexity index is 1370. The highest BCUT2D eigenvalue weighted by molar-refractivity contribution is 7.92. The van der Waals surface area contributed by atoms with Gasteiger partial charge in [0.05, 0.1) is 17.4 Å². The molecule has 7 nitrogen and oxygen atoms in total. The Morgan fingerprint density at radius 2 is 1.88 bits per heavy atom. The van der Waals surface area contributed by atoms with Crippen molar-refractivity contribution in [3.63, 3.8) is 0 Å². The molecule has 3 aromatic carbocycles. The van der Waals surface area contributed by atoms with E-state index in [1.807, 2.05) is 6.92 Å². The molecular weight excluding hydrogens is 468 g/mol. The topological polar surface area (TPSA) is 102 Å². The molecule has 0 amide bonds. The molecule has 4 rings (SSSR count). The fourth-order valence-corrected chi connectivity index (χ4v) is 4.78. The van der Waals surface area contributed by atoms with E-state index in [1.165, 1.54) is 24.3 Å². The van der Waals surface area contributed by atoms with Gasteiger partial charge in [-0.2, -0.15) is 8.78 Å². The molecule has 1 heterocycles. The molecule has 1 atom stereocenters. The third kappa shape index (κ3) is 4.54. The summed E-state index contributed by atoms with van der Waals surface area (Å²) < 4.78 is 63.1.